The first-order chi connectivity index (χ1) is 5.76. The van der Waals surface area contributed by atoms with Crippen LogP contribution in [0.3, 0.4) is 0 Å². The van der Waals surface area contributed by atoms with Gasteiger partial charge in [0, 0.05) is 6.20 Å². The summed E-state index contributed by atoms with van der Waals surface area (Å²) < 4.78 is 0. The standard InChI is InChI=1S/C8H8N2O2/c11-7(12)8(2-3-8)6-1-4-9-10-5-6/h1,4-5H,2-3H2,(H,11,12). The Morgan fingerprint density at radius 1 is 1.50 bits per heavy atom. The van der Waals surface area contributed by atoms with Crippen LogP contribution in [-0.2, 0) is 10.2 Å². The van der Waals surface area contributed by atoms with Gasteiger partial charge in [0.2, 0.25) is 0 Å². The van der Waals surface area contributed by atoms with Gasteiger partial charge in [-0.2, -0.15) is 10.2 Å². The molecular weight excluding hydrogens is 156 g/mol. The van der Waals surface area contributed by atoms with Crippen molar-refractivity contribution in [3.05, 3.63) is 24.0 Å². The average molecular weight is 164 g/mol. The lowest BCUT2D eigenvalue weighted by molar-refractivity contribution is -0.140. The maximum atomic E-state index is 10.8. The van der Waals surface area contributed by atoms with Gasteiger partial charge in [-0.05, 0) is 24.5 Å². The smallest absolute Gasteiger partial charge is 0.314 e. The third-order valence-corrected chi connectivity index (χ3v) is 2.30. The summed E-state index contributed by atoms with van der Waals surface area (Å²) in [5.41, 5.74) is 0.126. The van der Waals surface area contributed by atoms with Crippen molar-refractivity contribution in [1.29, 1.82) is 0 Å². The van der Waals surface area contributed by atoms with Gasteiger partial charge in [0.05, 0.1) is 11.6 Å². The van der Waals surface area contributed by atoms with Gasteiger partial charge >= 0.3 is 5.97 Å². The number of carbonyl (C=O) groups is 1. The molecule has 12 heavy (non-hydrogen) atoms. The molecule has 4 nitrogen and oxygen atoms in total. The minimum Gasteiger partial charge on any atom is -0.481 e. The Hall–Kier alpha value is -1.45. The summed E-state index contributed by atoms with van der Waals surface area (Å²) in [6.07, 6.45) is 4.49. The Bertz CT molecular complexity index is 306. The molecule has 0 amide bonds. The van der Waals surface area contributed by atoms with Crippen LogP contribution in [0.5, 0.6) is 0 Å². The van der Waals surface area contributed by atoms with Crippen LogP contribution in [0, 0.1) is 0 Å². The summed E-state index contributed by atoms with van der Waals surface area (Å²) in [5, 5.41) is 16.2. The van der Waals surface area contributed by atoms with Gasteiger partial charge in [0.1, 0.15) is 0 Å². The third-order valence-electron chi connectivity index (χ3n) is 2.30. The molecule has 2 rings (SSSR count). The van der Waals surface area contributed by atoms with E-state index in [1.807, 2.05) is 0 Å². The molecule has 1 aliphatic rings. The van der Waals surface area contributed by atoms with Gasteiger partial charge in [-0.1, -0.05) is 0 Å². The van der Waals surface area contributed by atoms with E-state index in [0.29, 0.717) is 12.8 Å². The predicted molar refractivity (Wildman–Crippen MR) is 40.6 cm³/mol. The largest absolute Gasteiger partial charge is 0.481 e. The highest BCUT2D eigenvalue weighted by molar-refractivity contribution is 5.84. The normalized spacial score (nSPS) is 18.7. The summed E-state index contributed by atoms with van der Waals surface area (Å²) in [5.74, 6) is -0.754. The van der Waals surface area contributed by atoms with E-state index in [-0.39, 0.29) is 0 Å². The number of aliphatic carboxylic acids is 1. The van der Waals surface area contributed by atoms with Crippen molar-refractivity contribution in [1.82, 2.24) is 10.2 Å². The van der Waals surface area contributed by atoms with Crippen LogP contribution >= 0.6 is 0 Å². The van der Waals surface area contributed by atoms with Crippen LogP contribution in [0.1, 0.15) is 18.4 Å². The fourth-order valence-corrected chi connectivity index (χ4v) is 1.32. The first-order valence-electron chi connectivity index (χ1n) is 3.76. The Kier molecular flexibility index (Phi) is 1.36. The van der Waals surface area contributed by atoms with Crippen molar-refractivity contribution < 1.29 is 9.90 Å². The summed E-state index contributed by atoms with van der Waals surface area (Å²) in [4.78, 5) is 10.8. The SMILES string of the molecule is O=C(O)C1(c2ccnnc2)CC1. The van der Waals surface area contributed by atoms with Crippen LogP contribution in [0.15, 0.2) is 18.5 Å². The van der Waals surface area contributed by atoms with Crippen LogP contribution < -0.4 is 0 Å². The second kappa shape index (κ2) is 2.27. The van der Waals surface area contributed by atoms with Crippen molar-refractivity contribution in [2.75, 3.05) is 0 Å². The van der Waals surface area contributed by atoms with Crippen molar-refractivity contribution in [2.24, 2.45) is 0 Å². The Morgan fingerprint density at radius 2 is 2.25 bits per heavy atom. The molecule has 4 heteroatoms. The van der Waals surface area contributed by atoms with Gasteiger partial charge in [0.15, 0.2) is 0 Å². The summed E-state index contributed by atoms with van der Waals surface area (Å²) >= 11 is 0. The minimum atomic E-state index is -0.754. The van der Waals surface area contributed by atoms with Gasteiger partial charge in [-0.25, -0.2) is 0 Å². The molecule has 1 fully saturated rings. The van der Waals surface area contributed by atoms with Crippen LogP contribution in [0.2, 0.25) is 0 Å². The van der Waals surface area contributed by atoms with Crippen molar-refractivity contribution in [3.63, 3.8) is 0 Å². The fraction of sp³-hybridized carbons (Fsp3) is 0.375. The minimum absolute atomic E-state index is 0.643. The molecular formula is C8H8N2O2. The van der Waals surface area contributed by atoms with E-state index in [2.05, 4.69) is 10.2 Å². The Morgan fingerprint density at radius 3 is 2.67 bits per heavy atom. The number of carboxylic acids is 1. The summed E-state index contributed by atoms with van der Waals surface area (Å²) in [7, 11) is 0. The maximum Gasteiger partial charge on any atom is 0.314 e. The molecule has 1 N–H and O–H groups in total. The van der Waals surface area contributed by atoms with E-state index < -0.39 is 11.4 Å². The second-order valence-corrected chi connectivity index (χ2v) is 3.02. The van der Waals surface area contributed by atoms with E-state index in [0.717, 1.165) is 5.56 Å². The topological polar surface area (TPSA) is 63.1 Å². The number of aromatic nitrogens is 2. The molecule has 1 aliphatic carbocycles. The van der Waals surface area contributed by atoms with Gasteiger partial charge in [-0.15, -0.1) is 0 Å². The molecule has 62 valence electrons. The highest BCUT2D eigenvalue weighted by Crippen LogP contribution is 2.47. The lowest BCUT2D eigenvalue weighted by Crippen LogP contribution is -2.19. The Balaban J connectivity index is 2.37. The first-order valence-corrected chi connectivity index (χ1v) is 3.76. The fourth-order valence-electron chi connectivity index (χ4n) is 1.32. The van der Waals surface area contributed by atoms with E-state index in [4.69, 9.17) is 5.11 Å². The summed E-state index contributed by atoms with van der Waals surface area (Å²) in [6.45, 7) is 0. The molecule has 0 atom stereocenters. The number of carboxylic acid groups (broad SMARTS) is 1. The maximum absolute atomic E-state index is 10.8. The Labute approximate surface area is 69.2 Å². The number of rotatable bonds is 2. The molecule has 0 spiro atoms. The lowest BCUT2D eigenvalue weighted by Gasteiger charge is -2.07. The molecule has 1 saturated carbocycles. The third kappa shape index (κ3) is 0.879. The molecule has 0 saturated heterocycles. The molecule has 0 bridgehead atoms. The average Bonchev–Trinajstić information content (AvgIpc) is 2.86. The van der Waals surface area contributed by atoms with Gasteiger partial charge in [-0.3, -0.25) is 4.79 Å². The second-order valence-electron chi connectivity index (χ2n) is 3.02. The quantitative estimate of drug-likeness (QED) is 0.694. The predicted octanol–water partition coefficient (Wildman–Crippen LogP) is 0.593. The number of nitrogens with zero attached hydrogens (tertiary/aromatic N) is 2. The van der Waals surface area contributed by atoms with E-state index >= 15 is 0 Å². The van der Waals surface area contributed by atoms with Crippen molar-refractivity contribution in [2.45, 2.75) is 18.3 Å². The lowest BCUT2D eigenvalue weighted by atomic mass is 9.99. The van der Waals surface area contributed by atoms with Gasteiger partial charge in [0.25, 0.3) is 0 Å². The number of hydrogen-bond donors (Lipinski definition) is 1. The molecule has 0 aliphatic heterocycles. The van der Waals surface area contributed by atoms with Crippen LogP contribution in [0.25, 0.3) is 0 Å². The highest BCUT2D eigenvalue weighted by Gasteiger charge is 2.51. The molecule has 0 unspecified atom stereocenters. The van der Waals surface area contributed by atoms with Crippen molar-refractivity contribution >= 4 is 5.97 Å². The van der Waals surface area contributed by atoms with Crippen LogP contribution in [-0.4, -0.2) is 21.3 Å². The molecule has 1 heterocycles. The van der Waals surface area contributed by atoms with E-state index in [9.17, 15) is 4.79 Å². The zero-order valence-corrected chi connectivity index (χ0v) is 6.40. The van der Waals surface area contributed by atoms with E-state index in [1.165, 1.54) is 12.4 Å². The van der Waals surface area contributed by atoms with Crippen LogP contribution in [0.4, 0.5) is 0 Å². The molecule has 0 aromatic carbocycles. The molecule has 0 radical (unpaired) electrons. The van der Waals surface area contributed by atoms with E-state index in [1.54, 1.807) is 6.07 Å². The highest BCUT2D eigenvalue weighted by atomic mass is 16.4. The van der Waals surface area contributed by atoms with Gasteiger partial charge < -0.3 is 5.11 Å². The monoisotopic (exact) mass is 164 g/mol. The zero-order chi connectivity index (χ0) is 8.60. The zero-order valence-electron chi connectivity index (χ0n) is 6.40. The molecule has 1 aromatic heterocycles. The first kappa shape index (κ1) is 7.21. The summed E-state index contributed by atoms with van der Waals surface area (Å²) in [6, 6.07) is 1.72. The number of hydrogen-bond acceptors (Lipinski definition) is 3. The molecule has 1 aromatic rings. The van der Waals surface area contributed by atoms with Crippen molar-refractivity contribution in [3.8, 4) is 0 Å².